The zero-order valence-electron chi connectivity index (χ0n) is 9.56. The molecule has 1 aromatic carbocycles. The molecule has 2 nitrogen and oxygen atoms in total. The summed E-state index contributed by atoms with van der Waals surface area (Å²) in [4.78, 5) is 0. The van der Waals surface area contributed by atoms with Crippen LogP contribution >= 0.6 is 0 Å². The molecule has 1 atom stereocenters. The van der Waals surface area contributed by atoms with E-state index in [1.165, 1.54) is 19.1 Å². The van der Waals surface area contributed by atoms with Crippen LogP contribution in [0.2, 0.25) is 0 Å². The van der Waals surface area contributed by atoms with Crippen LogP contribution in [0.15, 0.2) is 12.1 Å². The number of nitrogens with two attached hydrogens (primary N) is 1. The largest absolute Gasteiger partial charge is 0.384 e. The molecule has 0 aromatic heterocycles. The topological polar surface area (TPSA) is 46.2 Å². The first-order valence-electron chi connectivity index (χ1n) is 5.33. The number of hydrogen-bond acceptors (Lipinski definition) is 2. The summed E-state index contributed by atoms with van der Waals surface area (Å²) in [6.07, 6.45) is 0.950. The number of rotatable bonds is 4. The third-order valence-electron chi connectivity index (χ3n) is 2.78. The average Bonchev–Trinajstić information content (AvgIpc) is 2.26. The Bertz CT molecular complexity index is 382. The Balaban J connectivity index is 3.26. The predicted octanol–water partition coefficient (Wildman–Crippen LogP) is 2.22. The number of hydrogen-bond donors (Lipinski definition) is 2. The normalized spacial score (nSPS) is 14.9. The monoisotopic (exact) mass is 229 g/mol. The van der Waals surface area contributed by atoms with E-state index in [1.54, 1.807) is 0 Å². The molecule has 1 aromatic rings. The lowest BCUT2D eigenvalue weighted by atomic mass is 9.88. The molecule has 0 fully saturated rings. The molecule has 0 aliphatic rings. The highest BCUT2D eigenvalue weighted by atomic mass is 19.2. The molecule has 0 heterocycles. The van der Waals surface area contributed by atoms with Crippen molar-refractivity contribution >= 4 is 0 Å². The van der Waals surface area contributed by atoms with E-state index in [0.29, 0.717) is 12.8 Å². The van der Waals surface area contributed by atoms with Crippen LogP contribution in [0, 0.1) is 18.6 Å². The molecule has 0 aliphatic carbocycles. The first-order valence-corrected chi connectivity index (χ1v) is 5.33. The van der Waals surface area contributed by atoms with Gasteiger partial charge in [-0.25, -0.2) is 8.78 Å². The van der Waals surface area contributed by atoms with Crippen LogP contribution in [-0.4, -0.2) is 11.7 Å². The Hall–Kier alpha value is -1.00. The molecule has 0 radical (unpaired) electrons. The van der Waals surface area contributed by atoms with Crippen LogP contribution in [0.25, 0.3) is 0 Å². The molecule has 3 N–H and O–H groups in total. The van der Waals surface area contributed by atoms with E-state index < -0.39 is 17.2 Å². The van der Waals surface area contributed by atoms with Crippen molar-refractivity contribution in [2.75, 3.05) is 6.54 Å². The highest BCUT2D eigenvalue weighted by molar-refractivity contribution is 5.30. The summed E-state index contributed by atoms with van der Waals surface area (Å²) in [7, 11) is 0. The van der Waals surface area contributed by atoms with Gasteiger partial charge >= 0.3 is 0 Å². The Labute approximate surface area is 94.1 Å². The lowest BCUT2D eigenvalue weighted by Gasteiger charge is -2.27. The molecule has 90 valence electrons. The standard InChI is InChI=1S/C12H17F2NO/c1-3-6-12(16,7-15)9-5-4-8(2)10(13)11(9)14/h4-5,16H,3,6-7,15H2,1-2H3. The second-order valence-electron chi connectivity index (χ2n) is 4.04. The first kappa shape index (κ1) is 13.1. The van der Waals surface area contributed by atoms with Gasteiger partial charge in [0.2, 0.25) is 0 Å². The Morgan fingerprint density at radius 3 is 2.44 bits per heavy atom. The van der Waals surface area contributed by atoms with Crippen molar-refractivity contribution in [3.63, 3.8) is 0 Å². The number of aliphatic hydroxyl groups is 1. The van der Waals surface area contributed by atoms with E-state index >= 15 is 0 Å². The molecule has 4 heteroatoms. The van der Waals surface area contributed by atoms with Crippen LogP contribution in [0.5, 0.6) is 0 Å². The zero-order valence-corrected chi connectivity index (χ0v) is 9.56. The maximum atomic E-state index is 13.7. The fourth-order valence-electron chi connectivity index (χ4n) is 1.77. The van der Waals surface area contributed by atoms with Gasteiger partial charge in [0.15, 0.2) is 11.6 Å². The second kappa shape index (κ2) is 4.89. The predicted molar refractivity (Wildman–Crippen MR) is 59.0 cm³/mol. The smallest absolute Gasteiger partial charge is 0.165 e. The van der Waals surface area contributed by atoms with E-state index in [2.05, 4.69) is 0 Å². The van der Waals surface area contributed by atoms with Gasteiger partial charge in [0.25, 0.3) is 0 Å². The fraction of sp³-hybridized carbons (Fsp3) is 0.500. The van der Waals surface area contributed by atoms with Crippen molar-refractivity contribution in [2.24, 2.45) is 5.73 Å². The van der Waals surface area contributed by atoms with Gasteiger partial charge in [-0.05, 0) is 18.9 Å². The highest BCUT2D eigenvalue weighted by Crippen LogP contribution is 2.29. The SMILES string of the molecule is CCCC(O)(CN)c1ccc(C)c(F)c1F. The molecule has 16 heavy (non-hydrogen) atoms. The van der Waals surface area contributed by atoms with Gasteiger partial charge in [-0.3, -0.25) is 0 Å². The molecular weight excluding hydrogens is 212 g/mol. The van der Waals surface area contributed by atoms with Gasteiger partial charge in [-0.1, -0.05) is 25.5 Å². The van der Waals surface area contributed by atoms with Gasteiger partial charge in [-0.15, -0.1) is 0 Å². The summed E-state index contributed by atoms with van der Waals surface area (Å²) < 4.78 is 27.0. The van der Waals surface area contributed by atoms with Crippen LogP contribution in [0.3, 0.4) is 0 Å². The van der Waals surface area contributed by atoms with E-state index in [9.17, 15) is 13.9 Å². The summed E-state index contributed by atoms with van der Waals surface area (Å²) in [5, 5.41) is 10.2. The molecule has 0 saturated heterocycles. The first-order chi connectivity index (χ1) is 7.46. The third kappa shape index (κ3) is 2.23. The van der Waals surface area contributed by atoms with E-state index in [0.717, 1.165) is 0 Å². The second-order valence-corrected chi connectivity index (χ2v) is 4.04. The Kier molecular flexibility index (Phi) is 3.99. The van der Waals surface area contributed by atoms with Crippen molar-refractivity contribution in [1.29, 1.82) is 0 Å². The van der Waals surface area contributed by atoms with E-state index in [1.807, 2.05) is 6.92 Å². The molecule has 0 saturated carbocycles. The zero-order chi connectivity index (χ0) is 12.3. The van der Waals surface area contributed by atoms with Gasteiger partial charge in [0.1, 0.15) is 5.60 Å². The summed E-state index contributed by atoms with van der Waals surface area (Å²) in [5.74, 6) is -1.91. The minimum atomic E-state index is -1.48. The number of aryl methyl sites for hydroxylation is 1. The summed E-state index contributed by atoms with van der Waals surface area (Å²) in [5.41, 5.74) is 4.13. The van der Waals surface area contributed by atoms with Crippen molar-refractivity contribution in [3.8, 4) is 0 Å². The molecule has 1 unspecified atom stereocenters. The summed E-state index contributed by atoms with van der Waals surface area (Å²) in [6, 6.07) is 2.85. The maximum Gasteiger partial charge on any atom is 0.165 e. The Morgan fingerprint density at radius 2 is 1.94 bits per heavy atom. The molecule has 0 bridgehead atoms. The lowest BCUT2D eigenvalue weighted by Crippen LogP contribution is -2.36. The van der Waals surface area contributed by atoms with Crippen LogP contribution < -0.4 is 5.73 Å². The molecule has 0 amide bonds. The minimum Gasteiger partial charge on any atom is -0.384 e. The minimum absolute atomic E-state index is 0.0556. The van der Waals surface area contributed by atoms with Crippen LogP contribution in [0.4, 0.5) is 8.78 Å². The quantitative estimate of drug-likeness (QED) is 0.831. The number of halogens is 2. The summed E-state index contributed by atoms with van der Waals surface area (Å²) >= 11 is 0. The van der Waals surface area contributed by atoms with Crippen molar-refractivity contribution in [3.05, 3.63) is 34.9 Å². The fourth-order valence-corrected chi connectivity index (χ4v) is 1.77. The maximum absolute atomic E-state index is 13.7. The highest BCUT2D eigenvalue weighted by Gasteiger charge is 2.31. The van der Waals surface area contributed by atoms with Gasteiger partial charge < -0.3 is 10.8 Å². The average molecular weight is 229 g/mol. The van der Waals surface area contributed by atoms with E-state index in [4.69, 9.17) is 5.73 Å². The summed E-state index contributed by atoms with van der Waals surface area (Å²) in [6.45, 7) is 3.20. The Morgan fingerprint density at radius 1 is 1.31 bits per heavy atom. The third-order valence-corrected chi connectivity index (χ3v) is 2.78. The van der Waals surface area contributed by atoms with Crippen LogP contribution in [-0.2, 0) is 5.60 Å². The molecular formula is C12H17F2NO. The molecule has 1 rings (SSSR count). The van der Waals surface area contributed by atoms with Gasteiger partial charge in [-0.2, -0.15) is 0 Å². The van der Waals surface area contributed by atoms with E-state index in [-0.39, 0.29) is 17.7 Å². The van der Waals surface area contributed by atoms with Crippen molar-refractivity contribution in [1.82, 2.24) is 0 Å². The van der Waals surface area contributed by atoms with Crippen molar-refractivity contribution in [2.45, 2.75) is 32.3 Å². The van der Waals surface area contributed by atoms with Gasteiger partial charge in [0, 0.05) is 12.1 Å². The van der Waals surface area contributed by atoms with Crippen LogP contribution in [0.1, 0.15) is 30.9 Å². The van der Waals surface area contributed by atoms with Gasteiger partial charge in [0.05, 0.1) is 0 Å². The number of benzene rings is 1. The molecule has 0 aliphatic heterocycles. The van der Waals surface area contributed by atoms with Crippen molar-refractivity contribution < 1.29 is 13.9 Å². The molecule has 0 spiro atoms. The lowest BCUT2D eigenvalue weighted by molar-refractivity contribution is 0.0317.